The average Bonchev–Trinajstić information content (AvgIpc) is 2.56. The van der Waals surface area contributed by atoms with Crippen LogP contribution in [0.15, 0.2) is 12.3 Å². The zero-order valence-corrected chi connectivity index (χ0v) is 8.27. The molecule has 6 heteroatoms. The van der Waals surface area contributed by atoms with Gasteiger partial charge in [-0.1, -0.05) is 6.92 Å². The molecule has 1 aromatic heterocycles. The van der Waals surface area contributed by atoms with E-state index < -0.39 is 11.9 Å². The van der Waals surface area contributed by atoms with Crippen molar-refractivity contribution in [1.29, 1.82) is 0 Å². The van der Waals surface area contributed by atoms with Crippen molar-refractivity contribution in [2.45, 2.75) is 13.3 Å². The van der Waals surface area contributed by atoms with Gasteiger partial charge in [-0.3, -0.25) is 4.68 Å². The first-order valence-electron chi connectivity index (χ1n) is 4.44. The fraction of sp³-hybridized carbons (Fsp3) is 0.333. The lowest BCUT2D eigenvalue weighted by molar-refractivity contribution is 0.0484. The molecule has 0 unspecified atom stereocenters. The van der Waals surface area contributed by atoms with Crippen LogP contribution in [0.3, 0.4) is 0 Å². The number of esters is 1. The first-order chi connectivity index (χ1) is 7.07. The van der Waals surface area contributed by atoms with Crippen LogP contribution in [-0.4, -0.2) is 28.3 Å². The second-order valence-electron chi connectivity index (χ2n) is 2.93. The molecule has 3 N–H and O–H groups in total. The van der Waals surface area contributed by atoms with Crippen molar-refractivity contribution in [2.24, 2.45) is 0 Å². The van der Waals surface area contributed by atoms with E-state index in [-0.39, 0.29) is 17.9 Å². The van der Waals surface area contributed by atoms with Crippen LogP contribution in [0, 0.1) is 0 Å². The Morgan fingerprint density at radius 3 is 2.80 bits per heavy atom. The van der Waals surface area contributed by atoms with Gasteiger partial charge < -0.3 is 15.7 Å². The molecule has 0 aliphatic carbocycles. The van der Waals surface area contributed by atoms with E-state index in [1.165, 1.54) is 12.3 Å². The SMILES string of the molecule is CCCOC(=O)c1c(C(=O)O)ccn1N. The van der Waals surface area contributed by atoms with Gasteiger partial charge in [-0.05, 0) is 12.5 Å². The highest BCUT2D eigenvalue weighted by Crippen LogP contribution is 2.10. The molecule has 0 fully saturated rings. The van der Waals surface area contributed by atoms with Crippen molar-refractivity contribution in [1.82, 2.24) is 4.68 Å². The van der Waals surface area contributed by atoms with Gasteiger partial charge in [0.2, 0.25) is 0 Å². The predicted octanol–water partition coefficient (Wildman–Crippen LogP) is 0.467. The minimum atomic E-state index is -1.21. The quantitative estimate of drug-likeness (QED) is 0.558. The van der Waals surface area contributed by atoms with E-state index in [9.17, 15) is 9.59 Å². The molecule has 0 aromatic carbocycles. The number of nitrogen functional groups attached to an aromatic ring is 1. The number of nitrogens with two attached hydrogens (primary N) is 1. The van der Waals surface area contributed by atoms with E-state index in [0.717, 1.165) is 4.68 Å². The number of carbonyl (C=O) groups excluding carboxylic acids is 1. The maximum Gasteiger partial charge on any atom is 0.357 e. The van der Waals surface area contributed by atoms with E-state index in [1.54, 1.807) is 0 Å². The number of aromatic nitrogens is 1. The maximum atomic E-state index is 11.4. The molecule has 0 aliphatic rings. The van der Waals surface area contributed by atoms with Gasteiger partial charge in [0.15, 0.2) is 5.69 Å². The van der Waals surface area contributed by atoms with Crippen LogP contribution in [-0.2, 0) is 4.74 Å². The number of hydrogen-bond acceptors (Lipinski definition) is 4. The zero-order chi connectivity index (χ0) is 11.4. The molecule has 0 amide bonds. The van der Waals surface area contributed by atoms with Crippen LogP contribution in [0.2, 0.25) is 0 Å². The van der Waals surface area contributed by atoms with Crippen molar-refractivity contribution < 1.29 is 19.4 Å². The molecule has 0 spiro atoms. The van der Waals surface area contributed by atoms with E-state index in [0.29, 0.717) is 6.42 Å². The van der Waals surface area contributed by atoms with Gasteiger partial charge in [0, 0.05) is 6.20 Å². The van der Waals surface area contributed by atoms with E-state index in [1.807, 2.05) is 6.92 Å². The normalized spacial score (nSPS) is 9.93. The monoisotopic (exact) mass is 212 g/mol. The largest absolute Gasteiger partial charge is 0.478 e. The van der Waals surface area contributed by atoms with Crippen molar-refractivity contribution in [3.05, 3.63) is 23.5 Å². The Hall–Kier alpha value is -1.98. The molecule has 0 saturated carbocycles. The number of hydrogen-bond donors (Lipinski definition) is 2. The van der Waals surface area contributed by atoms with Crippen LogP contribution >= 0.6 is 0 Å². The fourth-order valence-electron chi connectivity index (χ4n) is 1.10. The number of ether oxygens (including phenoxy) is 1. The van der Waals surface area contributed by atoms with Crippen molar-refractivity contribution in [3.8, 4) is 0 Å². The molecule has 0 saturated heterocycles. The van der Waals surface area contributed by atoms with Gasteiger partial charge in [-0.25, -0.2) is 9.59 Å². The summed E-state index contributed by atoms with van der Waals surface area (Å²) >= 11 is 0. The van der Waals surface area contributed by atoms with Crippen molar-refractivity contribution in [3.63, 3.8) is 0 Å². The molecule has 1 heterocycles. The molecule has 0 bridgehead atoms. The average molecular weight is 212 g/mol. The summed E-state index contributed by atoms with van der Waals surface area (Å²) < 4.78 is 5.75. The second kappa shape index (κ2) is 4.50. The van der Waals surface area contributed by atoms with Gasteiger partial charge in [0.1, 0.15) is 0 Å². The lowest BCUT2D eigenvalue weighted by atomic mass is 10.2. The number of rotatable bonds is 4. The Kier molecular flexibility index (Phi) is 3.33. The smallest absolute Gasteiger partial charge is 0.357 e. The maximum absolute atomic E-state index is 11.4. The van der Waals surface area contributed by atoms with Gasteiger partial charge in [-0.2, -0.15) is 0 Å². The zero-order valence-electron chi connectivity index (χ0n) is 8.27. The summed E-state index contributed by atoms with van der Waals surface area (Å²) in [4.78, 5) is 22.2. The van der Waals surface area contributed by atoms with E-state index in [4.69, 9.17) is 15.7 Å². The molecule has 82 valence electrons. The highest BCUT2D eigenvalue weighted by atomic mass is 16.5. The number of carboxylic acid groups (broad SMARTS) is 1. The summed E-state index contributed by atoms with van der Waals surface area (Å²) in [6.45, 7) is 2.08. The Bertz CT molecular complexity index is 383. The lowest BCUT2D eigenvalue weighted by Gasteiger charge is -2.05. The Balaban J connectivity index is 2.96. The molecule has 6 nitrogen and oxygen atoms in total. The Morgan fingerprint density at radius 1 is 1.60 bits per heavy atom. The topological polar surface area (TPSA) is 94.5 Å². The van der Waals surface area contributed by atoms with Crippen LogP contribution in [0.1, 0.15) is 34.2 Å². The summed E-state index contributed by atoms with van der Waals surface area (Å²) in [6.07, 6.45) is 1.96. The summed E-state index contributed by atoms with van der Waals surface area (Å²) in [6, 6.07) is 1.25. The number of carbonyl (C=O) groups is 2. The molecular weight excluding hydrogens is 200 g/mol. The minimum Gasteiger partial charge on any atom is -0.478 e. The Morgan fingerprint density at radius 2 is 2.27 bits per heavy atom. The van der Waals surface area contributed by atoms with Gasteiger partial charge in [0.05, 0.1) is 12.2 Å². The fourth-order valence-corrected chi connectivity index (χ4v) is 1.10. The molecular formula is C9H12N2O4. The molecule has 1 aromatic rings. The van der Waals surface area contributed by atoms with Crippen molar-refractivity contribution >= 4 is 11.9 Å². The third-order valence-electron chi connectivity index (χ3n) is 1.78. The van der Waals surface area contributed by atoms with Gasteiger partial charge >= 0.3 is 11.9 Å². The second-order valence-corrected chi connectivity index (χ2v) is 2.93. The summed E-state index contributed by atoms with van der Waals surface area (Å²) in [5.41, 5.74) is -0.297. The van der Waals surface area contributed by atoms with Crippen LogP contribution in [0.5, 0.6) is 0 Å². The molecule has 0 radical (unpaired) electrons. The van der Waals surface area contributed by atoms with E-state index in [2.05, 4.69) is 0 Å². The molecule has 0 aliphatic heterocycles. The first kappa shape index (κ1) is 11.1. The highest BCUT2D eigenvalue weighted by Gasteiger charge is 2.21. The number of carboxylic acids is 1. The van der Waals surface area contributed by atoms with Gasteiger partial charge in [0.25, 0.3) is 0 Å². The van der Waals surface area contributed by atoms with Crippen LogP contribution in [0.4, 0.5) is 0 Å². The Labute approximate surface area is 86.2 Å². The van der Waals surface area contributed by atoms with Crippen molar-refractivity contribution in [2.75, 3.05) is 12.4 Å². The molecule has 15 heavy (non-hydrogen) atoms. The first-order valence-corrected chi connectivity index (χ1v) is 4.44. The third-order valence-corrected chi connectivity index (χ3v) is 1.78. The van der Waals surface area contributed by atoms with Crippen LogP contribution < -0.4 is 5.84 Å². The highest BCUT2D eigenvalue weighted by molar-refractivity contribution is 6.01. The predicted molar refractivity (Wildman–Crippen MR) is 52.1 cm³/mol. The third kappa shape index (κ3) is 2.28. The number of nitrogens with zero attached hydrogens (tertiary/aromatic N) is 1. The van der Waals surface area contributed by atoms with Gasteiger partial charge in [-0.15, -0.1) is 0 Å². The molecule has 0 atom stereocenters. The minimum absolute atomic E-state index is 0.143. The number of aromatic carboxylic acids is 1. The standard InChI is InChI=1S/C9H12N2O4/c1-2-5-15-9(14)7-6(8(12)13)3-4-11(7)10/h3-4H,2,5,10H2,1H3,(H,12,13). The lowest BCUT2D eigenvalue weighted by Crippen LogP contribution is -2.20. The molecule has 1 rings (SSSR count). The summed E-state index contributed by atoms with van der Waals surface area (Å²) in [5, 5.41) is 8.78. The summed E-state index contributed by atoms with van der Waals surface area (Å²) in [7, 11) is 0. The summed E-state index contributed by atoms with van der Waals surface area (Å²) in [5.74, 6) is 3.48. The van der Waals surface area contributed by atoms with E-state index >= 15 is 0 Å². The van der Waals surface area contributed by atoms with Crippen LogP contribution in [0.25, 0.3) is 0 Å².